The maximum absolute atomic E-state index is 12.7. The van der Waals surface area contributed by atoms with Crippen LogP contribution in [0.25, 0.3) is 10.9 Å². The molecular weight excluding hydrogens is 322 g/mol. The molecule has 2 rings (SSSR count). The van der Waals surface area contributed by atoms with Gasteiger partial charge in [0.25, 0.3) is 0 Å². The Morgan fingerprint density at radius 2 is 1.38 bits per heavy atom. The first-order valence-corrected chi connectivity index (χ1v) is 10.5. The number of hydrogen-bond donors (Lipinski definition) is 1. The minimum Gasteiger partial charge on any atom is -0.428 e. The van der Waals surface area contributed by atoms with Crippen molar-refractivity contribution in [2.24, 2.45) is 0 Å². The normalized spacial score (nSPS) is 11.3. The van der Waals surface area contributed by atoms with Gasteiger partial charge in [0, 0.05) is 10.9 Å². The summed E-state index contributed by atoms with van der Waals surface area (Å²) in [6.45, 7) is 4.09. The summed E-state index contributed by atoms with van der Waals surface area (Å²) in [5.74, 6) is 0. The van der Waals surface area contributed by atoms with Crippen LogP contribution in [-0.4, -0.2) is 9.94 Å². The fraction of sp³-hybridized carbons (Fsp3) is 0.609. The Balaban J connectivity index is 1.73. The lowest BCUT2D eigenvalue weighted by atomic mass is 10.0. The van der Waals surface area contributed by atoms with E-state index >= 15 is 0 Å². The van der Waals surface area contributed by atoms with Gasteiger partial charge < -0.3 is 5.21 Å². The molecule has 0 unspecified atom stereocenters. The lowest BCUT2D eigenvalue weighted by Gasteiger charge is -2.12. The second kappa shape index (κ2) is 11.1. The minimum absolute atomic E-state index is 0.0791. The summed E-state index contributed by atoms with van der Waals surface area (Å²) < 4.78 is 1.17. The molecule has 3 heteroatoms. The maximum atomic E-state index is 12.7. The van der Waals surface area contributed by atoms with Crippen LogP contribution >= 0.6 is 0 Å². The van der Waals surface area contributed by atoms with Crippen LogP contribution in [-0.2, 0) is 6.42 Å². The number of hydrogen-bond acceptors (Lipinski definition) is 2. The van der Waals surface area contributed by atoms with Crippen LogP contribution in [0.15, 0.2) is 29.1 Å². The smallest absolute Gasteiger partial charge is 0.193 e. The van der Waals surface area contributed by atoms with Gasteiger partial charge in [0.1, 0.15) is 0 Å². The molecule has 0 aliphatic heterocycles. The van der Waals surface area contributed by atoms with Crippen LogP contribution in [0.4, 0.5) is 0 Å². The Morgan fingerprint density at radius 3 is 2.00 bits per heavy atom. The summed E-state index contributed by atoms with van der Waals surface area (Å²) in [5.41, 5.74) is 2.12. The fourth-order valence-electron chi connectivity index (χ4n) is 3.75. The number of nitrogens with zero attached hydrogens (tertiary/aromatic N) is 1. The number of pyridine rings is 1. The van der Waals surface area contributed by atoms with Crippen molar-refractivity contribution in [3.8, 4) is 0 Å². The third kappa shape index (κ3) is 5.62. The zero-order valence-corrected chi connectivity index (χ0v) is 16.6. The van der Waals surface area contributed by atoms with E-state index in [9.17, 15) is 10.0 Å². The number of benzene rings is 1. The Morgan fingerprint density at radius 1 is 0.846 bits per heavy atom. The molecular formula is C23H35NO2. The van der Waals surface area contributed by atoms with Crippen LogP contribution < -0.4 is 5.43 Å². The molecule has 0 saturated heterocycles. The van der Waals surface area contributed by atoms with Crippen molar-refractivity contribution in [3.05, 3.63) is 45.7 Å². The van der Waals surface area contributed by atoms with E-state index in [1.165, 1.54) is 62.5 Å². The molecule has 1 N–H and O–H groups in total. The van der Waals surface area contributed by atoms with E-state index in [-0.39, 0.29) is 5.43 Å². The van der Waals surface area contributed by atoms with Crippen molar-refractivity contribution in [3.63, 3.8) is 0 Å². The molecule has 0 aliphatic rings. The monoisotopic (exact) mass is 357 g/mol. The van der Waals surface area contributed by atoms with Gasteiger partial charge in [-0.05, 0) is 31.9 Å². The number of fused-ring (bicyclic) bond motifs is 1. The summed E-state index contributed by atoms with van der Waals surface area (Å²) in [4.78, 5) is 12.7. The lowest BCUT2D eigenvalue weighted by Crippen LogP contribution is -2.17. The van der Waals surface area contributed by atoms with Crippen molar-refractivity contribution in [1.82, 2.24) is 4.73 Å². The average Bonchev–Trinajstić information content (AvgIpc) is 2.66. The van der Waals surface area contributed by atoms with Crippen LogP contribution in [0.3, 0.4) is 0 Å². The highest BCUT2D eigenvalue weighted by Gasteiger charge is 2.12. The predicted molar refractivity (Wildman–Crippen MR) is 110 cm³/mol. The minimum atomic E-state index is 0.0791. The van der Waals surface area contributed by atoms with E-state index in [0.717, 1.165) is 24.8 Å². The highest BCUT2D eigenvalue weighted by molar-refractivity contribution is 5.79. The van der Waals surface area contributed by atoms with E-state index in [4.69, 9.17) is 0 Å². The van der Waals surface area contributed by atoms with E-state index in [0.29, 0.717) is 16.6 Å². The van der Waals surface area contributed by atoms with Crippen molar-refractivity contribution < 1.29 is 5.21 Å². The summed E-state index contributed by atoms with van der Waals surface area (Å²) in [7, 11) is 0. The van der Waals surface area contributed by atoms with Crippen molar-refractivity contribution in [2.45, 2.75) is 90.9 Å². The van der Waals surface area contributed by atoms with E-state index in [1.54, 1.807) is 12.1 Å². The second-order valence-electron chi connectivity index (χ2n) is 7.51. The predicted octanol–water partition coefficient (Wildman–Crippen LogP) is 6.40. The van der Waals surface area contributed by atoms with Gasteiger partial charge in [0.05, 0.1) is 11.2 Å². The maximum Gasteiger partial charge on any atom is 0.193 e. The van der Waals surface area contributed by atoms with Crippen molar-refractivity contribution >= 4 is 10.9 Å². The molecule has 0 radical (unpaired) electrons. The third-order valence-corrected chi connectivity index (χ3v) is 5.44. The van der Waals surface area contributed by atoms with Crippen molar-refractivity contribution in [2.75, 3.05) is 0 Å². The number of rotatable bonds is 12. The zero-order chi connectivity index (χ0) is 18.8. The Labute approximate surface area is 158 Å². The average molecular weight is 358 g/mol. The molecule has 144 valence electrons. The summed E-state index contributed by atoms with van der Waals surface area (Å²) in [5, 5.41) is 10.9. The number of para-hydroxylation sites is 1. The molecule has 2 aromatic rings. The summed E-state index contributed by atoms with van der Waals surface area (Å²) >= 11 is 0. The van der Waals surface area contributed by atoms with Crippen LogP contribution in [0, 0.1) is 6.92 Å². The van der Waals surface area contributed by atoms with Gasteiger partial charge in [0.15, 0.2) is 5.43 Å². The van der Waals surface area contributed by atoms with Gasteiger partial charge in [-0.3, -0.25) is 4.79 Å². The largest absolute Gasteiger partial charge is 0.428 e. The van der Waals surface area contributed by atoms with E-state index in [2.05, 4.69) is 6.92 Å². The molecule has 26 heavy (non-hydrogen) atoms. The lowest BCUT2D eigenvalue weighted by molar-refractivity contribution is 0.190. The Bertz CT molecular complexity index is 733. The Kier molecular flexibility index (Phi) is 8.73. The fourth-order valence-corrected chi connectivity index (χ4v) is 3.75. The van der Waals surface area contributed by atoms with E-state index in [1.807, 2.05) is 19.1 Å². The summed E-state index contributed by atoms with van der Waals surface area (Å²) in [6.07, 6.45) is 15.0. The SMILES string of the molecule is CCCCCCCCCCCCCc1c(C)n(O)c2ccccc2c1=O. The molecule has 0 saturated carbocycles. The Hall–Kier alpha value is -1.77. The number of unbranched alkanes of at least 4 members (excludes halogenated alkanes) is 10. The molecule has 0 atom stereocenters. The molecule has 0 spiro atoms. The van der Waals surface area contributed by atoms with Crippen molar-refractivity contribution in [1.29, 1.82) is 0 Å². The number of aromatic nitrogens is 1. The molecule has 1 aromatic heterocycles. The van der Waals surface area contributed by atoms with Crippen LogP contribution in [0.5, 0.6) is 0 Å². The molecule has 3 nitrogen and oxygen atoms in total. The molecule has 0 fully saturated rings. The second-order valence-corrected chi connectivity index (χ2v) is 7.51. The quantitative estimate of drug-likeness (QED) is 0.353. The first-order valence-electron chi connectivity index (χ1n) is 10.5. The molecule has 1 aromatic carbocycles. The van der Waals surface area contributed by atoms with Gasteiger partial charge in [-0.1, -0.05) is 83.3 Å². The molecule has 0 bridgehead atoms. The summed E-state index contributed by atoms with van der Waals surface area (Å²) in [6, 6.07) is 7.28. The van der Waals surface area contributed by atoms with Gasteiger partial charge >= 0.3 is 0 Å². The van der Waals surface area contributed by atoms with Crippen LogP contribution in [0.1, 0.15) is 88.8 Å². The van der Waals surface area contributed by atoms with E-state index < -0.39 is 0 Å². The van der Waals surface area contributed by atoms with Gasteiger partial charge in [-0.25, -0.2) is 0 Å². The molecule has 0 aliphatic carbocycles. The van der Waals surface area contributed by atoms with Gasteiger partial charge in [-0.2, -0.15) is 4.73 Å². The standard InChI is InChI=1S/C23H35NO2/c1-3-4-5-6-7-8-9-10-11-12-13-16-20-19(2)24(26)22-18-15-14-17-21(22)23(20)25/h14-15,17-18,26H,3-13,16H2,1-2H3. The zero-order valence-electron chi connectivity index (χ0n) is 16.6. The topological polar surface area (TPSA) is 42.2 Å². The van der Waals surface area contributed by atoms with Gasteiger partial charge in [-0.15, -0.1) is 0 Å². The van der Waals surface area contributed by atoms with Gasteiger partial charge in [0.2, 0.25) is 0 Å². The highest BCUT2D eigenvalue weighted by atomic mass is 16.5. The van der Waals surface area contributed by atoms with Crippen LogP contribution in [0.2, 0.25) is 0 Å². The molecule has 1 heterocycles. The first kappa shape index (κ1) is 20.5. The highest BCUT2D eigenvalue weighted by Crippen LogP contribution is 2.17. The molecule has 0 amide bonds. The first-order chi connectivity index (χ1) is 12.7. The third-order valence-electron chi connectivity index (χ3n) is 5.44.